The minimum Gasteiger partial charge on any atom is -0.392 e. The molecule has 1 heterocycles. The van der Waals surface area contributed by atoms with Gasteiger partial charge in [-0.05, 0) is 26.2 Å². The summed E-state index contributed by atoms with van der Waals surface area (Å²) >= 11 is 0. The van der Waals surface area contributed by atoms with Gasteiger partial charge in [0.2, 0.25) is 5.89 Å². The van der Waals surface area contributed by atoms with Crippen LogP contribution in [0, 0.1) is 0 Å². The molecule has 3 atom stereocenters. The lowest BCUT2D eigenvalue weighted by atomic mass is 10.1. The highest BCUT2D eigenvalue weighted by atomic mass is 16.5. The van der Waals surface area contributed by atoms with Crippen LogP contribution in [0.4, 0.5) is 0 Å². The van der Waals surface area contributed by atoms with Gasteiger partial charge in [0.1, 0.15) is 6.10 Å². The van der Waals surface area contributed by atoms with E-state index in [2.05, 4.69) is 10.1 Å². The van der Waals surface area contributed by atoms with E-state index in [1.165, 1.54) is 0 Å². The molecule has 5 nitrogen and oxygen atoms in total. The summed E-state index contributed by atoms with van der Waals surface area (Å²) in [4.78, 5) is 4.25. The quantitative estimate of drug-likeness (QED) is 0.820. The molecule has 84 valence electrons. The van der Waals surface area contributed by atoms with E-state index in [9.17, 15) is 5.11 Å². The number of rotatable bonds is 3. The Morgan fingerprint density at radius 3 is 2.93 bits per heavy atom. The fraction of sp³-hybridized carbons (Fsp3) is 0.800. The van der Waals surface area contributed by atoms with Crippen LogP contribution in [0.1, 0.15) is 49.9 Å². The summed E-state index contributed by atoms with van der Waals surface area (Å²) in [5.74, 6) is 1.10. The Balaban J connectivity index is 2.12. The third kappa shape index (κ3) is 2.03. The molecule has 1 aliphatic carbocycles. The SMILES string of the molecule is COC(C)c1noc(C2CCCC2O)n1. The van der Waals surface area contributed by atoms with Gasteiger partial charge in [-0.1, -0.05) is 5.16 Å². The number of methoxy groups -OCH3 is 1. The number of hydrogen-bond acceptors (Lipinski definition) is 5. The average molecular weight is 212 g/mol. The van der Waals surface area contributed by atoms with Gasteiger partial charge in [0.15, 0.2) is 5.82 Å². The highest BCUT2D eigenvalue weighted by Gasteiger charge is 2.31. The molecule has 0 aromatic carbocycles. The number of ether oxygens (including phenoxy) is 1. The lowest BCUT2D eigenvalue weighted by molar-refractivity contribution is 0.109. The van der Waals surface area contributed by atoms with Gasteiger partial charge >= 0.3 is 0 Å². The molecule has 0 spiro atoms. The maximum Gasteiger partial charge on any atom is 0.232 e. The van der Waals surface area contributed by atoms with Crippen molar-refractivity contribution < 1.29 is 14.4 Å². The molecular formula is C10H16N2O3. The van der Waals surface area contributed by atoms with Crippen LogP contribution < -0.4 is 0 Å². The van der Waals surface area contributed by atoms with Crippen molar-refractivity contribution in [3.63, 3.8) is 0 Å². The van der Waals surface area contributed by atoms with Crippen molar-refractivity contribution in [3.8, 4) is 0 Å². The summed E-state index contributed by atoms with van der Waals surface area (Å²) in [6.07, 6.45) is 2.26. The van der Waals surface area contributed by atoms with Crippen LogP contribution >= 0.6 is 0 Å². The minimum absolute atomic E-state index is 0.00954. The molecule has 2 rings (SSSR count). The molecule has 1 aliphatic rings. The number of aromatic nitrogens is 2. The normalized spacial score (nSPS) is 28.2. The van der Waals surface area contributed by atoms with Gasteiger partial charge < -0.3 is 14.4 Å². The van der Waals surface area contributed by atoms with Gasteiger partial charge in [0.25, 0.3) is 0 Å². The summed E-state index contributed by atoms with van der Waals surface area (Å²) in [5, 5.41) is 13.5. The average Bonchev–Trinajstić information content (AvgIpc) is 2.84. The maximum absolute atomic E-state index is 9.69. The standard InChI is InChI=1S/C10H16N2O3/c1-6(14-2)9-11-10(15-12-9)7-4-3-5-8(7)13/h6-8,13H,3-5H2,1-2H3. The monoisotopic (exact) mass is 212 g/mol. The molecule has 1 saturated carbocycles. The number of aliphatic hydroxyl groups is 1. The first-order chi connectivity index (χ1) is 7.22. The summed E-state index contributed by atoms with van der Waals surface area (Å²) in [5.41, 5.74) is 0. The molecule has 1 fully saturated rings. The first-order valence-electron chi connectivity index (χ1n) is 5.26. The zero-order chi connectivity index (χ0) is 10.8. The van der Waals surface area contributed by atoms with Crippen molar-refractivity contribution in [2.45, 2.75) is 44.3 Å². The van der Waals surface area contributed by atoms with Gasteiger partial charge in [0, 0.05) is 7.11 Å². The predicted octanol–water partition coefficient (Wildman–Crippen LogP) is 1.41. The molecule has 15 heavy (non-hydrogen) atoms. The van der Waals surface area contributed by atoms with Crippen LogP contribution in [0.25, 0.3) is 0 Å². The van der Waals surface area contributed by atoms with Crippen molar-refractivity contribution in [2.24, 2.45) is 0 Å². The zero-order valence-corrected chi connectivity index (χ0v) is 9.01. The smallest absolute Gasteiger partial charge is 0.232 e. The largest absolute Gasteiger partial charge is 0.392 e. The molecule has 3 unspecified atom stereocenters. The van der Waals surface area contributed by atoms with E-state index in [1.807, 2.05) is 6.92 Å². The van der Waals surface area contributed by atoms with E-state index in [-0.39, 0.29) is 18.1 Å². The molecule has 0 bridgehead atoms. The molecule has 0 amide bonds. The summed E-state index contributed by atoms with van der Waals surface area (Å²) in [7, 11) is 1.60. The van der Waals surface area contributed by atoms with Gasteiger partial charge in [-0.2, -0.15) is 4.98 Å². The number of aliphatic hydroxyl groups excluding tert-OH is 1. The first-order valence-corrected chi connectivity index (χ1v) is 5.26. The van der Waals surface area contributed by atoms with Crippen LogP contribution in [-0.4, -0.2) is 28.5 Å². The Kier molecular flexibility index (Phi) is 3.02. The predicted molar refractivity (Wildman–Crippen MR) is 52.3 cm³/mol. The van der Waals surface area contributed by atoms with Crippen LogP contribution in [0.15, 0.2) is 4.52 Å². The molecule has 1 aromatic heterocycles. The second-order valence-corrected chi connectivity index (χ2v) is 3.97. The van der Waals surface area contributed by atoms with E-state index in [0.29, 0.717) is 11.7 Å². The van der Waals surface area contributed by atoms with Crippen LogP contribution in [-0.2, 0) is 4.74 Å². The van der Waals surface area contributed by atoms with Crippen molar-refractivity contribution in [1.82, 2.24) is 10.1 Å². The van der Waals surface area contributed by atoms with Crippen molar-refractivity contribution in [2.75, 3.05) is 7.11 Å². The molecular weight excluding hydrogens is 196 g/mol. The van der Waals surface area contributed by atoms with Gasteiger partial charge in [0.05, 0.1) is 12.0 Å². The van der Waals surface area contributed by atoms with E-state index in [1.54, 1.807) is 7.11 Å². The summed E-state index contributed by atoms with van der Waals surface area (Å²) in [6, 6.07) is 0. The molecule has 1 aromatic rings. The third-order valence-corrected chi connectivity index (χ3v) is 2.97. The molecule has 0 aliphatic heterocycles. The van der Waals surface area contributed by atoms with Gasteiger partial charge in [-0.15, -0.1) is 0 Å². The Labute approximate surface area is 88.4 Å². The highest BCUT2D eigenvalue weighted by molar-refractivity contribution is 5.01. The third-order valence-electron chi connectivity index (χ3n) is 2.97. The summed E-state index contributed by atoms with van der Waals surface area (Å²) < 4.78 is 10.2. The van der Waals surface area contributed by atoms with Crippen molar-refractivity contribution >= 4 is 0 Å². The highest BCUT2D eigenvalue weighted by Crippen LogP contribution is 2.33. The van der Waals surface area contributed by atoms with Gasteiger partial charge in [-0.3, -0.25) is 0 Å². The Hall–Kier alpha value is -0.940. The van der Waals surface area contributed by atoms with Gasteiger partial charge in [-0.25, -0.2) is 0 Å². The van der Waals surface area contributed by atoms with E-state index in [0.717, 1.165) is 19.3 Å². The van der Waals surface area contributed by atoms with Crippen LogP contribution in [0.3, 0.4) is 0 Å². The van der Waals surface area contributed by atoms with Crippen molar-refractivity contribution in [3.05, 3.63) is 11.7 Å². The molecule has 0 radical (unpaired) electrons. The maximum atomic E-state index is 9.69. The fourth-order valence-electron chi connectivity index (χ4n) is 1.90. The zero-order valence-electron chi connectivity index (χ0n) is 9.01. The first kappa shape index (κ1) is 10.6. The second-order valence-electron chi connectivity index (χ2n) is 3.97. The Morgan fingerprint density at radius 1 is 1.53 bits per heavy atom. The second kappa shape index (κ2) is 4.28. The minimum atomic E-state index is -0.337. The van der Waals surface area contributed by atoms with Crippen LogP contribution in [0.5, 0.6) is 0 Å². The van der Waals surface area contributed by atoms with E-state index < -0.39 is 0 Å². The lowest BCUT2D eigenvalue weighted by Crippen LogP contribution is -2.11. The van der Waals surface area contributed by atoms with Crippen molar-refractivity contribution in [1.29, 1.82) is 0 Å². The van der Waals surface area contributed by atoms with E-state index in [4.69, 9.17) is 9.26 Å². The molecule has 5 heteroatoms. The number of hydrogen-bond donors (Lipinski definition) is 1. The fourth-order valence-corrected chi connectivity index (χ4v) is 1.90. The topological polar surface area (TPSA) is 68.4 Å². The Morgan fingerprint density at radius 2 is 2.33 bits per heavy atom. The van der Waals surface area contributed by atoms with E-state index >= 15 is 0 Å². The molecule has 1 N–H and O–H groups in total. The number of nitrogens with zero attached hydrogens (tertiary/aromatic N) is 2. The molecule has 0 saturated heterocycles. The summed E-state index contributed by atoms with van der Waals surface area (Å²) in [6.45, 7) is 1.86. The lowest BCUT2D eigenvalue weighted by Gasteiger charge is -2.08. The van der Waals surface area contributed by atoms with Crippen LogP contribution in [0.2, 0.25) is 0 Å². The Bertz CT molecular complexity index is 326.